The monoisotopic (exact) mass is 222 g/mol. The zero-order valence-corrected chi connectivity index (χ0v) is 9.68. The van der Waals surface area contributed by atoms with Gasteiger partial charge in [0.05, 0.1) is 0 Å². The predicted octanol–water partition coefficient (Wildman–Crippen LogP) is 1.62. The van der Waals surface area contributed by atoms with Crippen molar-refractivity contribution in [2.24, 2.45) is 5.73 Å². The lowest BCUT2D eigenvalue weighted by atomic mass is 10.1. The molecule has 1 unspecified atom stereocenters. The van der Waals surface area contributed by atoms with Gasteiger partial charge in [-0.2, -0.15) is 0 Å². The van der Waals surface area contributed by atoms with Crippen LogP contribution in [0.4, 0.5) is 5.69 Å². The Morgan fingerprint density at radius 1 is 1.31 bits per heavy atom. The summed E-state index contributed by atoms with van der Waals surface area (Å²) in [5.41, 5.74) is 7.23. The molecular weight excluding hydrogens is 204 g/mol. The predicted molar refractivity (Wildman–Crippen MR) is 64.6 cm³/mol. The maximum absolute atomic E-state index is 10.7. The van der Waals surface area contributed by atoms with Crippen LogP contribution in [-0.4, -0.2) is 24.2 Å². The SMILES string of the molecule is CCN(CC)c1ccc(C(N)C(=O)O)cc1. The summed E-state index contributed by atoms with van der Waals surface area (Å²) in [6.45, 7) is 6.03. The Bertz CT molecular complexity index is 345. The fourth-order valence-corrected chi connectivity index (χ4v) is 1.62. The van der Waals surface area contributed by atoms with Crippen LogP contribution in [-0.2, 0) is 4.79 Å². The van der Waals surface area contributed by atoms with E-state index >= 15 is 0 Å². The number of carboxylic acid groups (broad SMARTS) is 1. The lowest BCUT2D eigenvalue weighted by Crippen LogP contribution is -2.23. The molecule has 0 saturated heterocycles. The molecule has 0 bridgehead atoms. The summed E-state index contributed by atoms with van der Waals surface area (Å²) in [6, 6.07) is 6.42. The average Bonchev–Trinajstić information content (AvgIpc) is 2.30. The normalized spacial score (nSPS) is 12.2. The van der Waals surface area contributed by atoms with Gasteiger partial charge >= 0.3 is 5.97 Å². The third-order valence-electron chi connectivity index (χ3n) is 2.65. The number of anilines is 1. The first kappa shape index (κ1) is 12.5. The van der Waals surface area contributed by atoms with Gasteiger partial charge in [-0.05, 0) is 31.5 Å². The molecule has 0 amide bonds. The Morgan fingerprint density at radius 3 is 2.19 bits per heavy atom. The highest BCUT2D eigenvalue weighted by Crippen LogP contribution is 2.18. The van der Waals surface area contributed by atoms with Crippen molar-refractivity contribution in [1.82, 2.24) is 0 Å². The van der Waals surface area contributed by atoms with Crippen LogP contribution >= 0.6 is 0 Å². The van der Waals surface area contributed by atoms with Crippen molar-refractivity contribution in [3.63, 3.8) is 0 Å². The van der Waals surface area contributed by atoms with Gasteiger partial charge in [0, 0.05) is 18.8 Å². The van der Waals surface area contributed by atoms with Crippen molar-refractivity contribution in [3.8, 4) is 0 Å². The van der Waals surface area contributed by atoms with E-state index in [-0.39, 0.29) is 0 Å². The molecule has 1 atom stereocenters. The van der Waals surface area contributed by atoms with Crippen LogP contribution < -0.4 is 10.6 Å². The molecule has 16 heavy (non-hydrogen) atoms. The molecule has 0 radical (unpaired) electrons. The second kappa shape index (κ2) is 5.51. The molecule has 4 heteroatoms. The summed E-state index contributed by atoms with van der Waals surface area (Å²) < 4.78 is 0. The minimum atomic E-state index is -1.00. The van der Waals surface area contributed by atoms with Gasteiger partial charge in [0.25, 0.3) is 0 Å². The molecule has 1 aromatic rings. The fourth-order valence-electron chi connectivity index (χ4n) is 1.62. The van der Waals surface area contributed by atoms with Crippen LogP contribution in [0.3, 0.4) is 0 Å². The van der Waals surface area contributed by atoms with Gasteiger partial charge in [0.1, 0.15) is 6.04 Å². The number of rotatable bonds is 5. The van der Waals surface area contributed by atoms with E-state index in [1.807, 2.05) is 12.1 Å². The fraction of sp³-hybridized carbons (Fsp3) is 0.417. The molecular formula is C12H18N2O2. The van der Waals surface area contributed by atoms with Crippen molar-refractivity contribution in [3.05, 3.63) is 29.8 Å². The molecule has 4 nitrogen and oxygen atoms in total. The number of hydrogen-bond acceptors (Lipinski definition) is 3. The summed E-state index contributed by atoms with van der Waals surface area (Å²) >= 11 is 0. The van der Waals surface area contributed by atoms with Crippen molar-refractivity contribution >= 4 is 11.7 Å². The van der Waals surface area contributed by atoms with Gasteiger partial charge in [-0.25, -0.2) is 0 Å². The second-order valence-corrected chi connectivity index (χ2v) is 3.58. The number of aliphatic carboxylic acids is 1. The van der Waals surface area contributed by atoms with E-state index in [4.69, 9.17) is 10.8 Å². The Hall–Kier alpha value is -1.55. The molecule has 0 aromatic heterocycles. The van der Waals surface area contributed by atoms with Crippen LogP contribution in [0, 0.1) is 0 Å². The topological polar surface area (TPSA) is 66.6 Å². The van der Waals surface area contributed by atoms with Crippen molar-refractivity contribution in [2.75, 3.05) is 18.0 Å². The highest BCUT2D eigenvalue weighted by molar-refractivity contribution is 5.75. The molecule has 0 saturated carbocycles. The molecule has 0 aliphatic heterocycles. The van der Waals surface area contributed by atoms with E-state index in [9.17, 15) is 4.79 Å². The molecule has 0 fully saturated rings. The van der Waals surface area contributed by atoms with Gasteiger partial charge in [0.15, 0.2) is 0 Å². The maximum Gasteiger partial charge on any atom is 0.325 e. The van der Waals surface area contributed by atoms with E-state index in [2.05, 4.69) is 18.7 Å². The maximum atomic E-state index is 10.7. The zero-order chi connectivity index (χ0) is 12.1. The zero-order valence-electron chi connectivity index (χ0n) is 9.68. The molecule has 3 N–H and O–H groups in total. The summed E-state index contributed by atoms with van der Waals surface area (Å²) in [4.78, 5) is 12.9. The summed E-state index contributed by atoms with van der Waals surface area (Å²) in [7, 11) is 0. The van der Waals surface area contributed by atoms with E-state index in [1.54, 1.807) is 12.1 Å². The number of carboxylic acids is 1. The summed E-state index contributed by atoms with van der Waals surface area (Å²) in [5, 5.41) is 8.77. The summed E-state index contributed by atoms with van der Waals surface area (Å²) in [6.07, 6.45) is 0. The largest absolute Gasteiger partial charge is 0.480 e. The molecule has 0 spiro atoms. The molecule has 88 valence electrons. The lowest BCUT2D eigenvalue weighted by molar-refractivity contribution is -0.138. The molecule has 0 heterocycles. The smallest absolute Gasteiger partial charge is 0.325 e. The van der Waals surface area contributed by atoms with Gasteiger partial charge in [-0.1, -0.05) is 12.1 Å². The Morgan fingerprint density at radius 2 is 1.81 bits per heavy atom. The van der Waals surface area contributed by atoms with Crippen LogP contribution in [0.15, 0.2) is 24.3 Å². The quantitative estimate of drug-likeness (QED) is 0.794. The highest BCUT2D eigenvalue weighted by Gasteiger charge is 2.13. The van der Waals surface area contributed by atoms with Crippen LogP contribution in [0.5, 0.6) is 0 Å². The number of nitrogens with two attached hydrogens (primary N) is 1. The average molecular weight is 222 g/mol. The van der Waals surface area contributed by atoms with Crippen molar-refractivity contribution < 1.29 is 9.90 Å². The third kappa shape index (κ3) is 2.73. The van der Waals surface area contributed by atoms with Gasteiger partial charge in [-0.15, -0.1) is 0 Å². The third-order valence-corrected chi connectivity index (χ3v) is 2.65. The van der Waals surface area contributed by atoms with E-state index in [1.165, 1.54) is 0 Å². The van der Waals surface area contributed by atoms with E-state index in [0.717, 1.165) is 18.8 Å². The van der Waals surface area contributed by atoms with Gasteiger partial charge < -0.3 is 15.7 Å². The molecule has 0 aliphatic carbocycles. The first-order valence-corrected chi connectivity index (χ1v) is 5.43. The van der Waals surface area contributed by atoms with E-state index in [0.29, 0.717) is 5.56 Å². The van der Waals surface area contributed by atoms with E-state index < -0.39 is 12.0 Å². The minimum absolute atomic E-state index is 0.628. The van der Waals surface area contributed by atoms with Crippen LogP contribution in [0.25, 0.3) is 0 Å². The Kier molecular flexibility index (Phi) is 4.31. The standard InChI is InChI=1S/C12H18N2O2/c1-3-14(4-2)10-7-5-9(6-8-10)11(13)12(15)16/h5-8,11H,3-4,13H2,1-2H3,(H,15,16). The van der Waals surface area contributed by atoms with Crippen molar-refractivity contribution in [1.29, 1.82) is 0 Å². The first-order valence-electron chi connectivity index (χ1n) is 5.43. The molecule has 1 aromatic carbocycles. The first-order chi connectivity index (χ1) is 7.60. The number of nitrogens with zero attached hydrogens (tertiary/aromatic N) is 1. The Labute approximate surface area is 95.7 Å². The lowest BCUT2D eigenvalue weighted by Gasteiger charge is -2.21. The second-order valence-electron chi connectivity index (χ2n) is 3.58. The van der Waals surface area contributed by atoms with Crippen molar-refractivity contribution in [2.45, 2.75) is 19.9 Å². The minimum Gasteiger partial charge on any atom is -0.480 e. The van der Waals surface area contributed by atoms with Gasteiger partial charge in [-0.3, -0.25) is 4.79 Å². The molecule has 0 aliphatic rings. The molecule has 1 rings (SSSR count). The number of hydrogen-bond donors (Lipinski definition) is 2. The van der Waals surface area contributed by atoms with Crippen LogP contribution in [0.2, 0.25) is 0 Å². The number of benzene rings is 1. The van der Waals surface area contributed by atoms with Gasteiger partial charge in [0.2, 0.25) is 0 Å². The van der Waals surface area contributed by atoms with Crippen LogP contribution in [0.1, 0.15) is 25.5 Å². The Balaban J connectivity index is 2.86. The highest BCUT2D eigenvalue weighted by atomic mass is 16.4. The number of carbonyl (C=O) groups is 1. The summed E-state index contributed by atoms with van der Waals surface area (Å²) in [5.74, 6) is -1.00.